The summed E-state index contributed by atoms with van der Waals surface area (Å²) in [6, 6.07) is 7.95. The molecule has 2 heteroatoms. The van der Waals surface area contributed by atoms with E-state index in [0.29, 0.717) is 12.1 Å². The zero-order chi connectivity index (χ0) is 12.4. The third-order valence-corrected chi connectivity index (χ3v) is 3.82. The van der Waals surface area contributed by atoms with Gasteiger partial charge in [-0.2, -0.15) is 0 Å². The van der Waals surface area contributed by atoms with Crippen LogP contribution in [0.5, 0.6) is 0 Å². The van der Waals surface area contributed by atoms with E-state index < -0.39 is 0 Å². The average Bonchev–Trinajstić information content (AvgIpc) is 2.28. The molecule has 17 heavy (non-hydrogen) atoms. The van der Waals surface area contributed by atoms with E-state index in [1.54, 1.807) is 0 Å². The molecule has 1 heterocycles. The van der Waals surface area contributed by atoms with Crippen molar-refractivity contribution < 1.29 is 0 Å². The maximum absolute atomic E-state index is 3.50. The van der Waals surface area contributed by atoms with Crippen molar-refractivity contribution in [3.63, 3.8) is 0 Å². The molecule has 1 N–H and O–H groups in total. The summed E-state index contributed by atoms with van der Waals surface area (Å²) >= 11 is 0. The number of nitrogens with zero attached hydrogens (tertiary/aromatic N) is 1. The highest BCUT2D eigenvalue weighted by Gasteiger charge is 2.22. The zero-order valence-corrected chi connectivity index (χ0v) is 11.5. The van der Waals surface area contributed by atoms with Gasteiger partial charge in [-0.05, 0) is 38.8 Å². The molecule has 0 amide bonds. The predicted molar refractivity (Wildman–Crippen MR) is 73.4 cm³/mol. The SMILES string of the molecule is Cc1ccc(C(C)N2CCNC(C)C2)c(C)c1. The number of nitrogens with one attached hydrogen (secondary N) is 1. The molecule has 1 aromatic rings. The summed E-state index contributed by atoms with van der Waals surface area (Å²) in [6.07, 6.45) is 0. The Balaban J connectivity index is 2.15. The van der Waals surface area contributed by atoms with Crippen LogP contribution in [0.25, 0.3) is 0 Å². The first-order valence-corrected chi connectivity index (χ1v) is 6.62. The van der Waals surface area contributed by atoms with Crippen LogP contribution in [-0.2, 0) is 0 Å². The second kappa shape index (κ2) is 5.19. The minimum absolute atomic E-state index is 0.528. The summed E-state index contributed by atoms with van der Waals surface area (Å²) in [5.41, 5.74) is 4.25. The van der Waals surface area contributed by atoms with Crippen LogP contribution >= 0.6 is 0 Å². The fourth-order valence-corrected chi connectivity index (χ4v) is 2.80. The van der Waals surface area contributed by atoms with Crippen molar-refractivity contribution in [2.75, 3.05) is 19.6 Å². The largest absolute Gasteiger partial charge is 0.312 e. The topological polar surface area (TPSA) is 15.3 Å². The van der Waals surface area contributed by atoms with Crippen LogP contribution < -0.4 is 5.32 Å². The molecule has 0 aromatic heterocycles. The summed E-state index contributed by atoms with van der Waals surface area (Å²) in [5, 5.41) is 3.50. The van der Waals surface area contributed by atoms with Crippen molar-refractivity contribution in [3.05, 3.63) is 34.9 Å². The summed E-state index contributed by atoms with van der Waals surface area (Å²) < 4.78 is 0. The smallest absolute Gasteiger partial charge is 0.0323 e. The lowest BCUT2D eigenvalue weighted by atomic mass is 9.98. The molecule has 0 saturated carbocycles. The normalized spacial score (nSPS) is 23.6. The third-order valence-electron chi connectivity index (χ3n) is 3.82. The Labute approximate surface area is 105 Å². The van der Waals surface area contributed by atoms with Gasteiger partial charge in [0.15, 0.2) is 0 Å². The first-order valence-electron chi connectivity index (χ1n) is 6.62. The second-order valence-electron chi connectivity index (χ2n) is 5.39. The van der Waals surface area contributed by atoms with E-state index in [-0.39, 0.29) is 0 Å². The van der Waals surface area contributed by atoms with Gasteiger partial charge in [-0.3, -0.25) is 4.90 Å². The fourth-order valence-electron chi connectivity index (χ4n) is 2.80. The summed E-state index contributed by atoms with van der Waals surface area (Å²) in [5.74, 6) is 0. The van der Waals surface area contributed by atoms with E-state index in [1.807, 2.05) is 0 Å². The highest BCUT2D eigenvalue weighted by Crippen LogP contribution is 2.25. The standard InChI is InChI=1S/C15H24N2/c1-11-5-6-15(12(2)9-11)14(4)17-8-7-16-13(3)10-17/h5-6,9,13-14,16H,7-8,10H2,1-4H3. The van der Waals surface area contributed by atoms with Gasteiger partial charge in [-0.25, -0.2) is 0 Å². The summed E-state index contributed by atoms with van der Waals surface area (Å²) in [6.45, 7) is 12.4. The van der Waals surface area contributed by atoms with E-state index in [9.17, 15) is 0 Å². The van der Waals surface area contributed by atoms with Crippen molar-refractivity contribution in [3.8, 4) is 0 Å². The van der Waals surface area contributed by atoms with E-state index in [0.717, 1.165) is 19.6 Å². The van der Waals surface area contributed by atoms with Crippen molar-refractivity contribution in [1.82, 2.24) is 10.2 Å². The van der Waals surface area contributed by atoms with Gasteiger partial charge in [-0.15, -0.1) is 0 Å². The Morgan fingerprint density at radius 1 is 1.35 bits per heavy atom. The van der Waals surface area contributed by atoms with Crippen LogP contribution in [-0.4, -0.2) is 30.6 Å². The van der Waals surface area contributed by atoms with Crippen molar-refractivity contribution in [1.29, 1.82) is 0 Å². The molecule has 2 unspecified atom stereocenters. The number of hydrogen-bond donors (Lipinski definition) is 1. The lowest BCUT2D eigenvalue weighted by Gasteiger charge is -2.37. The molecule has 94 valence electrons. The predicted octanol–water partition coefficient (Wildman–Crippen LogP) is 2.66. The molecule has 2 rings (SSSR count). The maximum Gasteiger partial charge on any atom is 0.0323 e. The van der Waals surface area contributed by atoms with Gasteiger partial charge >= 0.3 is 0 Å². The second-order valence-corrected chi connectivity index (χ2v) is 5.39. The lowest BCUT2D eigenvalue weighted by Crippen LogP contribution is -2.49. The number of rotatable bonds is 2. The van der Waals surface area contributed by atoms with Crippen molar-refractivity contribution >= 4 is 0 Å². The fraction of sp³-hybridized carbons (Fsp3) is 0.600. The van der Waals surface area contributed by atoms with Gasteiger partial charge in [0.1, 0.15) is 0 Å². The quantitative estimate of drug-likeness (QED) is 0.843. The third kappa shape index (κ3) is 2.88. The molecule has 0 radical (unpaired) electrons. The Morgan fingerprint density at radius 2 is 2.12 bits per heavy atom. The van der Waals surface area contributed by atoms with Crippen LogP contribution in [0.1, 0.15) is 36.6 Å². The molecule has 1 aliphatic rings. The van der Waals surface area contributed by atoms with Gasteiger partial charge in [0.2, 0.25) is 0 Å². The van der Waals surface area contributed by atoms with E-state index >= 15 is 0 Å². The highest BCUT2D eigenvalue weighted by atomic mass is 15.2. The van der Waals surface area contributed by atoms with Gasteiger partial charge in [0.25, 0.3) is 0 Å². The minimum atomic E-state index is 0.528. The van der Waals surface area contributed by atoms with Gasteiger partial charge in [0.05, 0.1) is 0 Å². The number of aryl methyl sites for hydroxylation is 2. The molecule has 2 atom stereocenters. The molecule has 0 aliphatic carbocycles. The van der Waals surface area contributed by atoms with Crippen molar-refractivity contribution in [2.24, 2.45) is 0 Å². The molecular formula is C15H24N2. The molecule has 2 nitrogen and oxygen atoms in total. The summed E-state index contributed by atoms with van der Waals surface area (Å²) in [4.78, 5) is 2.58. The number of benzene rings is 1. The Hall–Kier alpha value is -0.860. The van der Waals surface area contributed by atoms with E-state index in [1.165, 1.54) is 16.7 Å². The Kier molecular flexibility index (Phi) is 3.85. The zero-order valence-electron chi connectivity index (χ0n) is 11.5. The van der Waals surface area contributed by atoms with Crippen LogP contribution in [0, 0.1) is 13.8 Å². The molecule has 1 aliphatic heterocycles. The number of hydrogen-bond acceptors (Lipinski definition) is 2. The average molecular weight is 232 g/mol. The van der Waals surface area contributed by atoms with E-state index in [4.69, 9.17) is 0 Å². The molecule has 0 bridgehead atoms. The monoisotopic (exact) mass is 232 g/mol. The van der Waals surface area contributed by atoms with Crippen LogP contribution in [0.15, 0.2) is 18.2 Å². The molecule has 1 fully saturated rings. The molecule has 1 aromatic carbocycles. The van der Waals surface area contributed by atoms with Gasteiger partial charge < -0.3 is 5.32 Å². The first-order chi connectivity index (χ1) is 8.08. The van der Waals surface area contributed by atoms with Crippen LogP contribution in [0.3, 0.4) is 0 Å². The molecule has 1 saturated heterocycles. The molecule has 0 spiro atoms. The van der Waals surface area contributed by atoms with Gasteiger partial charge in [0, 0.05) is 31.7 Å². The Morgan fingerprint density at radius 3 is 2.76 bits per heavy atom. The Bertz CT molecular complexity index is 387. The van der Waals surface area contributed by atoms with Crippen LogP contribution in [0.4, 0.5) is 0 Å². The summed E-state index contributed by atoms with van der Waals surface area (Å²) in [7, 11) is 0. The minimum Gasteiger partial charge on any atom is -0.312 e. The van der Waals surface area contributed by atoms with E-state index in [2.05, 4.69) is 56.1 Å². The maximum atomic E-state index is 3.50. The number of piperazine rings is 1. The first kappa shape index (κ1) is 12.6. The molecular weight excluding hydrogens is 208 g/mol. The highest BCUT2D eigenvalue weighted by molar-refractivity contribution is 5.32. The van der Waals surface area contributed by atoms with Gasteiger partial charge in [-0.1, -0.05) is 23.8 Å². The lowest BCUT2D eigenvalue weighted by molar-refractivity contribution is 0.158. The van der Waals surface area contributed by atoms with Crippen molar-refractivity contribution in [2.45, 2.75) is 39.8 Å². The van der Waals surface area contributed by atoms with Crippen LogP contribution in [0.2, 0.25) is 0 Å².